The molecule has 2 rings (SSSR count). The lowest BCUT2D eigenvalue weighted by atomic mass is 10.1. The molecule has 1 atom stereocenters. The molecule has 232 valence electrons. The minimum Gasteiger partial charge on any atom is -0.492 e. The zero-order valence-electron chi connectivity index (χ0n) is 24.2. The standard InChI is InChI=1S/C28H36F4N4O6/c1-26(2,3)41-24(38)35-21-14-17(8-9-18(21)23(34)28(30,31)32)40-12-11-36(25(39)42-27(4,5)6)15-22(37)16-7-10-19(29)20(33)13-16/h7-10,13-14,22,34,37H,11-12,15,33H2,1-6H3,(H,35,38)/t22-/m0/s1. The lowest BCUT2D eigenvalue weighted by Gasteiger charge is -2.29. The van der Waals surface area contributed by atoms with Crippen molar-refractivity contribution >= 4 is 29.3 Å². The minimum atomic E-state index is -4.99. The van der Waals surface area contributed by atoms with E-state index in [-0.39, 0.29) is 42.4 Å². The van der Waals surface area contributed by atoms with Crippen molar-refractivity contribution < 1.29 is 46.5 Å². The minimum absolute atomic E-state index is 0.00998. The van der Waals surface area contributed by atoms with Crippen molar-refractivity contribution in [2.45, 2.75) is 65.0 Å². The Morgan fingerprint density at radius 1 is 1.02 bits per heavy atom. The molecular formula is C28H36F4N4O6. The maximum Gasteiger partial charge on any atom is 0.433 e. The summed E-state index contributed by atoms with van der Waals surface area (Å²) >= 11 is 0. The molecule has 0 aliphatic carbocycles. The molecule has 0 spiro atoms. The van der Waals surface area contributed by atoms with Gasteiger partial charge in [0.1, 0.15) is 35.1 Å². The van der Waals surface area contributed by atoms with E-state index in [0.717, 1.165) is 23.1 Å². The van der Waals surface area contributed by atoms with Gasteiger partial charge in [-0.3, -0.25) is 10.7 Å². The molecule has 0 saturated carbocycles. The van der Waals surface area contributed by atoms with E-state index < -0.39 is 52.8 Å². The lowest BCUT2D eigenvalue weighted by Crippen LogP contribution is -2.41. The number of benzene rings is 2. The van der Waals surface area contributed by atoms with Gasteiger partial charge in [-0.25, -0.2) is 14.0 Å². The number of halogens is 4. The number of aliphatic hydroxyl groups is 1. The molecule has 0 bridgehead atoms. The third-order valence-corrected chi connectivity index (χ3v) is 5.26. The second kappa shape index (κ2) is 13.3. The maximum atomic E-state index is 13.6. The van der Waals surface area contributed by atoms with E-state index in [0.29, 0.717) is 0 Å². The Morgan fingerprint density at radius 2 is 1.64 bits per heavy atom. The van der Waals surface area contributed by atoms with E-state index in [1.807, 2.05) is 0 Å². The third kappa shape index (κ3) is 10.7. The number of nitrogens with two attached hydrogens (primary N) is 1. The molecule has 5 N–H and O–H groups in total. The van der Waals surface area contributed by atoms with Crippen LogP contribution < -0.4 is 15.8 Å². The number of carbonyl (C=O) groups is 2. The fourth-order valence-corrected chi connectivity index (χ4v) is 3.44. The van der Waals surface area contributed by atoms with Crippen LogP contribution in [0.25, 0.3) is 0 Å². The van der Waals surface area contributed by atoms with Gasteiger partial charge in [0.05, 0.1) is 30.6 Å². The van der Waals surface area contributed by atoms with Crippen LogP contribution in [0.4, 0.5) is 38.5 Å². The molecule has 0 fully saturated rings. The molecule has 0 aliphatic rings. The fourth-order valence-electron chi connectivity index (χ4n) is 3.44. The summed E-state index contributed by atoms with van der Waals surface area (Å²) in [5.41, 5.74) is 1.16. The van der Waals surface area contributed by atoms with E-state index in [1.54, 1.807) is 41.5 Å². The highest BCUT2D eigenvalue weighted by atomic mass is 19.4. The number of carbonyl (C=O) groups excluding carboxylic acids is 2. The number of ether oxygens (including phenoxy) is 3. The number of nitrogens with one attached hydrogen (secondary N) is 2. The molecule has 0 unspecified atom stereocenters. The first-order valence-electron chi connectivity index (χ1n) is 12.8. The Morgan fingerprint density at radius 3 is 2.19 bits per heavy atom. The Bertz CT molecular complexity index is 1290. The number of hydrogen-bond donors (Lipinski definition) is 4. The quantitative estimate of drug-likeness (QED) is 0.156. The van der Waals surface area contributed by atoms with E-state index in [1.165, 1.54) is 18.2 Å². The number of nitrogens with zero attached hydrogens (tertiary/aromatic N) is 1. The van der Waals surface area contributed by atoms with Gasteiger partial charge in [-0.05, 0) is 71.4 Å². The first kappa shape index (κ1) is 34.1. The number of nitrogen functional groups attached to an aromatic ring is 1. The molecule has 42 heavy (non-hydrogen) atoms. The van der Waals surface area contributed by atoms with Crippen LogP contribution in [0.2, 0.25) is 0 Å². The summed E-state index contributed by atoms with van der Waals surface area (Å²) < 4.78 is 69.6. The number of amides is 2. The number of anilines is 2. The smallest absolute Gasteiger partial charge is 0.433 e. The van der Waals surface area contributed by atoms with Crippen LogP contribution in [0, 0.1) is 11.2 Å². The van der Waals surface area contributed by atoms with Crippen LogP contribution >= 0.6 is 0 Å². The fraction of sp³-hybridized carbons (Fsp3) is 0.464. The molecule has 0 saturated heterocycles. The average Bonchev–Trinajstić information content (AvgIpc) is 2.82. The monoisotopic (exact) mass is 600 g/mol. The van der Waals surface area contributed by atoms with E-state index >= 15 is 0 Å². The van der Waals surface area contributed by atoms with Gasteiger partial charge in [0, 0.05) is 11.6 Å². The molecule has 2 aromatic carbocycles. The zero-order chi connectivity index (χ0) is 32.0. The number of aliphatic hydroxyl groups excluding tert-OH is 1. The summed E-state index contributed by atoms with van der Waals surface area (Å²) in [6, 6.07) is 6.87. The van der Waals surface area contributed by atoms with E-state index in [2.05, 4.69) is 5.32 Å². The average molecular weight is 601 g/mol. The summed E-state index contributed by atoms with van der Waals surface area (Å²) in [5.74, 6) is -0.656. The van der Waals surface area contributed by atoms with Gasteiger partial charge in [0.25, 0.3) is 0 Å². The molecule has 2 aromatic rings. The van der Waals surface area contributed by atoms with Crippen LogP contribution in [0.1, 0.15) is 58.8 Å². The van der Waals surface area contributed by atoms with Gasteiger partial charge in [0.2, 0.25) is 0 Å². The first-order valence-corrected chi connectivity index (χ1v) is 12.8. The van der Waals surface area contributed by atoms with Crippen molar-refractivity contribution in [3.63, 3.8) is 0 Å². The van der Waals surface area contributed by atoms with Gasteiger partial charge >= 0.3 is 18.4 Å². The normalized spacial score (nSPS) is 12.7. The number of rotatable bonds is 9. The van der Waals surface area contributed by atoms with Crippen molar-refractivity contribution in [1.29, 1.82) is 5.41 Å². The predicted octanol–water partition coefficient (Wildman–Crippen LogP) is 6.03. The first-order chi connectivity index (χ1) is 19.2. The summed E-state index contributed by atoms with van der Waals surface area (Å²) in [6.45, 7) is 9.03. The van der Waals surface area contributed by atoms with Gasteiger partial charge in [-0.2, -0.15) is 13.2 Å². The number of hydrogen-bond acceptors (Lipinski definition) is 8. The Labute approximate surface area is 241 Å². The summed E-state index contributed by atoms with van der Waals surface area (Å²) in [7, 11) is 0. The van der Waals surface area contributed by atoms with Crippen LogP contribution in [-0.2, 0) is 9.47 Å². The van der Waals surface area contributed by atoms with Gasteiger partial charge in [-0.15, -0.1) is 0 Å². The highest BCUT2D eigenvalue weighted by molar-refractivity contribution is 6.08. The largest absolute Gasteiger partial charge is 0.492 e. The van der Waals surface area contributed by atoms with Crippen molar-refractivity contribution in [1.82, 2.24) is 4.90 Å². The van der Waals surface area contributed by atoms with Crippen LogP contribution in [0.3, 0.4) is 0 Å². The molecule has 0 aliphatic heterocycles. The lowest BCUT2D eigenvalue weighted by molar-refractivity contribution is -0.0587. The van der Waals surface area contributed by atoms with E-state index in [4.69, 9.17) is 25.4 Å². The van der Waals surface area contributed by atoms with Crippen molar-refractivity contribution in [3.05, 3.63) is 53.3 Å². The van der Waals surface area contributed by atoms with Gasteiger partial charge in [0.15, 0.2) is 0 Å². The van der Waals surface area contributed by atoms with Gasteiger partial charge in [-0.1, -0.05) is 6.07 Å². The third-order valence-electron chi connectivity index (χ3n) is 5.26. The van der Waals surface area contributed by atoms with Crippen molar-refractivity contribution in [2.75, 3.05) is 30.7 Å². The summed E-state index contributed by atoms with van der Waals surface area (Å²) in [4.78, 5) is 26.3. The van der Waals surface area contributed by atoms with Crippen LogP contribution in [0.15, 0.2) is 36.4 Å². The molecule has 2 amide bonds. The molecule has 10 nitrogen and oxygen atoms in total. The zero-order valence-corrected chi connectivity index (χ0v) is 24.2. The van der Waals surface area contributed by atoms with Crippen LogP contribution in [-0.4, -0.2) is 65.0 Å². The molecule has 0 radical (unpaired) electrons. The maximum absolute atomic E-state index is 13.6. The Balaban J connectivity index is 2.25. The highest BCUT2D eigenvalue weighted by Gasteiger charge is 2.37. The molecule has 0 aromatic heterocycles. The second-order valence-electron chi connectivity index (χ2n) is 11.3. The predicted molar refractivity (Wildman–Crippen MR) is 148 cm³/mol. The SMILES string of the molecule is CC(C)(C)OC(=O)Nc1cc(OCCN(C[C@H](O)c2ccc(F)c(N)c2)C(=O)OC(C)(C)C)ccc1C(=N)C(F)(F)F. The van der Waals surface area contributed by atoms with Gasteiger partial charge < -0.3 is 30.0 Å². The number of alkyl halides is 3. The summed E-state index contributed by atoms with van der Waals surface area (Å²) in [6.07, 6.45) is -8.09. The highest BCUT2D eigenvalue weighted by Crippen LogP contribution is 2.30. The van der Waals surface area contributed by atoms with Crippen molar-refractivity contribution in [2.24, 2.45) is 0 Å². The molecule has 14 heteroatoms. The van der Waals surface area contributed by atoms with E-state index in [9.17, 15) is 32.3 Å². The second-order valence-corrected chi connectivity index (χ2v) is 11.3. The molecular weight excluding hydrogens is 564 g/mol. The topological polar surface area (TPSA) is 147 Å². The Hall–Kier alpha value is -4.07. The van der Waals surface area contributed by atoms with Crippen LogP contribution in [0.5, 0.6) is 5.75 Å². The Kier molecular flexibility index (Phi) is 10.8. The molecule has 0 heterocycles. The van der Waals surface area contributed by atoms with Crippen molar-refractivity contribution in [3.8, 4) is 5.75 Å². The summed E-state index contributed by atoms with van der Waals surface area (Å²) in [5, 5.41) is 20.4.